The first-order valence-corrected chi connectivity index (χ1v) is 6.79. The van der Waals surface area contributed by atoms with Gasteiger partial charge in [0.2, 0.25) is 5.76 Å². The minimum Gasteiger partial charge on any atom is -0.461 e. The van der Waals surface area contributed by atoms with Gasteiger partial charge in [0.25, 0.3) is 0 Å². The Balaban J connectivity index is 1.64. The topological polar surface area (TPSA) is 78.4 Å². The van der Waals surface area contributed by atoms with Crippen molar-refractivity contribution in [3.63, 3.8) is 0 Å². The Labute approximate surface area is 127 Å². The van der Waals surface area contributed by atoms with Crippen molar-refractivity contribution in [2.45, 2.75) is 6.61 Å². The van der Waals surface area contributed by atoms with E-state index in [1.54, 1.807) is 30.5 Å². The normalized spacial score (nSPS) is 10.5. The van der Waals surface area contributed by atoms with Crippen molar-refractivity contribution in [2.24, 2.45) is 0 Å². The van der Waals surface area contributed by atoms with E-state index in [-0.39, 0.29) is 6.61 Å². The maximum atomic E-state index is 11.8. The highest BCUT2D eigenvalue weighted by Gasteiger charge is 2.12. The summed E-state index contributed by atoms with van der Waals surface area (Å²) in [6, 6.07) is 6.79. The van der Waals surface area contributed by atoms with Crippen LogP contribution in [0, 0.1) is 0 Å². The van der Waals surface area contributed by atoms with E-state index in [9.17, 15) is 4.79 Å². The Bertz CT molecular complexity index is 752. The number of hydrogen-bond donors (Lipinski definition) is 0. The molecule has 0 atom stereocenters. The second-order valence-electron chi connectivity index (χ2n) is 4.13. The van der Waals surface area contributed by atoms with E-state index in [0.717, 1.165) is 0 Å². The van der Waals surface area contributed by atoms with Gasteiger partial charge in [0, 0.05) is 22.9 Å². The van der Waals surface area contributed by atoms with E-state index in [0.29, 0.717) is 27.3 Å². The number of pyridine rings is 1. The summed E-state index contributed by atoms with van der Waals surface area (Å²) >= 11 is 3.24. The first-order valence-electron chi connectivity index (χ1n) is 5.99. The number of aromatic nitrogens is 2. The molecular weight excluding hydrogens is 340 g/mol. The maximum Gasteiger partial charge on any atom is 0.340 e. The molecule has 0 aliphatic carbocycles. The predicted molar refractivity (Wildman–Crippen MR) is 75.3 cm³/mol. The molecule has 0 fully saturated rings. The summed E-state index contributed by atoms with van der Waals surface area (Å²) in [5.41, 5.74) is 0.858. The number of carbonyl (C=O) groups is 1. The number of nitrogens with zero attached hydrogens (tertiary/aromatic N) is 2. The molecule has 0 N–H and O–H groups in total. The van der Waals surface area contributed by atoms with Gasteiger partial charge in [-0.1, -0.05) is 5.16 Å². The molecule has 106 valence electrons. The second-order valence-corrected chi connectivity index (χ2v) is 5.04. The standard InChI is InChI=1S/C14H9BrN2O4/c15-10-4-9(6-16-7-10)14(18)20-8-11-5-13(21-17-11)12-2-1-3-19-12/h1-7H,8H2. The molecule has 0 aliphatic heterocycles. The molecule has 3 aromatic rings. The number of hydrogen-bond acceptors (Lipinski definition) is 6. The van der Waals surface area contributed by atoms with Gasteiger partial charge in [-0.3, -0.25) is 4.98 Å². The second kappa shape index (κ2) is 5.92. The Morgan fingerprint density at radius 3 is 2.95 bits per heavy atom. The quantitative estimate of drug-likeness (QED) is 0.672. The molecule has 0 spiro atoms. The molecule has 3 aromatic heterocycles. The lowest BCUT2D eigenvalue weighted by Crippen LogP contribution is -2.05. The first kappa shape index (κ1) is 13.6. The number of ether oxygens (including phenoxy) is 1. The van der Waals surface area contributed by atoms with Crippen molar-refractivity contribution in [3.05, 3.63) is 58.7 Å². The number of furan rings is 1. The molecule has 0 aromatic carbocycles. The van der Waals surface area contributed by atoms with Crippen LogP contribution in [0.3, 0.4) is 0 Å². The number of esters is 1. The number of carbonyl (C=O) groups excluding carboxylic acids is 1. The van der Waals surface area contributed by atoms with Crippen LogP contribution in [0.25, 0.3) is 11.5 Å². The zero-order chi connectivity index (χ0) is 14.7. The van der Waals surface area contributed by atoms with Gasteiger partial charge in [-0.15, -0.1) is 0 Å². The lowest BCUT2D eigenvalue weighted by atomic mass is 10.3. The highest BCUT2D eigenvalue weighted by molar-refractivity contribution is 9.10. The lowest BCUT2D eigenvalue weighted by Gasteiger charge is -2.02. The monoisotopic (exact) mass is 348 g/mol. The lowest BCUT2D eigenvalue weighted by molar-refractivity contribution is 0.0463. The molecule has 3 heterocycles. The maximum absolute atomic E-state index is 11.8. The Hall–Kier alpha value is -2.41. The zero-order valence-electron chi connectivity index (χ0n) is 10.7. The van der Waals surface area contributed by atoms with Crippen LogP contribution < -0.4 is 0 Å². The largest absolute Gasteiger partial charge is 0.461 e. The van der Waals surface area contributed by atoms with Gasteiger partial charge >= 0.3 is 5.97 Å². The van der Waals surface area contributed by atoms with Crippen LogP contribution in [0.1, 0.15) is 16.1 Å². The third-order valence-corrected chi connectivity index (χ3v) is 3.05. The molecule has 3 rings (SSSR count). The average Bonchev–Trinajstić information content (AvgIpc) is 3.15. The van der Waals surface area contributed by atoms with Gasteiger partial charge in [0.1, 0.15) is 12.3 Å². The van der Waals surface area contributed by atoms with Crippen molar-refractivity contribution < 1.29 is 18.5 Å². The molecule has 0 saturated heterocycles. The third kappa shape index (κ3) is 3.19. The molecular formula is C14H9BrN2O4. The SMILES string of the molecule is O=C(OCc1cc(-c2ccco2)on1)c1cncc(Br)c1. The molecule has 21 heavy (non-hydrogen) atoms. The fourth-order valence-corrected chi connectivity index (χ4v) is 2.03. The predicted octanol–water partition coefficient (Wildman–Crippen LogP) is 3.45. The van der Waals surface area contributed by atoms with Crippen LogP contribution in [0.15, 0.2) is 56.3 Å². The van der Waals surface area contributed by atoms with Crippen molar-refractivity contribution in [2.75, 3.05) is 0 Å². The van der Waals surface area contributed by atoms with Crippen molar-refractivity contribution in [1.29, 1.82) is 0 Å². The van der Waals surface area contributed by atoms with E-state index in [1.165, 1.54) is 12.5 Å². The number of rotatable bonds is 4. The summed E-state index contributed by atoms with van der Waals surface area (Å²) in [5.74, 6) is 0.567. The van der Waals surface area contributed by atoms with Crippen molar-refractivity contribution >= 4 is 21.9 Å². The Kier molecular flexibility index (Phi) is 3.83. The van der Waals surface area contributed by atoms with E-state index in [4.69, 9.17) is 13.7 Å². The summed E-state index contributed by atoms with van der Waals surface area (Å²) in [6.07, 6.45) is 4.56. The van der Waals surface area contributed by atoms with Gasteiger partial charge in [-0.25, -0.2) is 4.79 Å². The van der Waals surface area contributed by atoms with E-state index < -0.39 is 5.97 Å². The minimum absolute atomic E-state index is 0.00948. The van der Waals surface area contributed by atoms with Gasteiger partial charge < -0.3 is 13.7 Å². The third-order valence-electron chi connectivity index (χ3n) is 2.61. The van der Waals surface area contributed by atoms with Crippen molar-refractivity contribution in [1.82, 2.24) is 10.1 Å². The van der Waals surface area contributed by atoms with Crippen molar-refractivity contribution in [3.8, 4) is 11.5 Å². The van der Waals surface area contributed by atoms with Crippen LogP contribution in [0.5, 0.6) is 0 Å². The van der Waals surface area contributed by atoms with Crippen LogP contribution in [-0.2, 0) is 11.3 Å². The van der Waals surface area contributed by atoms with E-state index in [2.05, 4.69) is 26.1 Å². The molecule has 7 heteroatoms. The molecule has 6 nitrogen and oxygen atoms in total. The summed E-state index contributed by atoms with van der Waals surface area (Å²) in [6.45, 7) is 0.00948. The van der Waals surface area contributed by atoms with Crippen LogP contribution in [0.4, 0.5) is 0 Å². The highest BCUT2D eigenvalue weighted by Crippen LogP contribution is 2.21. The van der Waals surface area contributed by atoms with Gasteiger partial charge in [-0.2, -0.15) is 0 Å². The first-order chi connectivity index (χ1) is 10.2. The fourth-order valence-electron chi connectivity index (χ4n) is 1.66. The fraction of sp³-hybridized carbons (Fsp3) is 0.0714. The Morgan fingerprint density at radius 1 is 1.29 bits per heavy atom. The number of halogens is 1. The van der Waals surface area contributed by atoms with Gasteiger partial charge in [0.15, 0.2) is 5.76 Å². The average molecular weight is 349 g/mol. The van der Waals surface area contributed by atoms with Crippen LogP contribution >= 0.6 is 15.9 Å². The zero-order valence-corrected chi connectivity index (χ0v) is 12.2. The summed E-state index contributed by atoms with van der Waals surface area (Å²) in [4.78, 5) is 15.7. The summed E-state index contributed by atoms with van der Waals surface area (Å²) in [5, 5.41) is 3.82. The van der Waals surface area contributed by atoms with Crippen LogP contribution in [0.2, 0.25) is 0 Å². The van der Waals surface area contributed by atoms with Gasteiger partial charge in [0.05, 0.1) is 11.8 Å². The smallest absolute Gasteiger partial charge is 0.340 e. The molecule has 0 bridgehead atoms. The van der Waals surface area contributed by atoms with E-state index >= 15 is 0 Å². The van der Waals surface area contributed by atoms with Gasteiger partial charge in [-0.05, 0) is 34.1 Å². The molecule has 0 amide bonds. The van der Waals surface area contributed by atoms with E-state index in [1.807, 2.05) is 0 Å². The Morgan fingerprint density at radius 2 is 2.19 bits per heavy atom. The molecule has 0 saturated carbocycles. The molecule has 0 aliphatic rings. The summed E-state index contributed by atoms with van der Waals surface area (Å²) < 4.78 is 16.2. The molecule has 0 unspecified atom stereocenters. The van der Waals surface area contributed by atoms with Crippen LogP contribution in [-0.4, -0.2) is 16.1 Å². The highest BCUT2D eigenvalue weighted by atomic mass is 79.9. The molecule has 0 radical (unpaired) electrons. The summed E-state index contributed by atoms with van der Waals surface area (Å²) in [7, 11) is 0. The minimum atomic E-state index is -0.480.